The van der Waals surface area contributed by atoms with Crippen molar-refractivity contribution in [1.29, 1.82) is 0 Å². The fraction of sp³-hybridized carbons (Fsp3) is 0.714. The molecule has 0 aromatic carbocycles. The maximum absolute atomic E-state index is 12.6. The quantitative estimate of drug-likeness (QED) is 0.818. The van der Waals surface area contributed by atoms with Gasteiger partial charge in [0, 0.05) is 31.5 Å². The molecule has 6 heteroatoms. The van der Waals surface area contributed by atoms with Crippen molar-refractivity contribution in [2.45, 2.75) is 18.9 Å². The minimum atomic E-state index is 0.0407. The Kier molecular flexibility index (Phi) is 5.14. The van der Waals surface area contributed by atoms with Crippen molar-refractivity contribution >= 4 is 6.03 Å². The first-order chi connectivity index (χ1) is 9.58. The lowest BCUT2D eigenvalue weighted by atomic mass is 10.0. The Labute approximate surface area is 121 Å². The van der Waals surface area contributed by atoms with E-state index in [4.69, 9.17) is 0 Å². The molecule has 1 saturated heterocycles. The summed E-state index contributed by atoms with van der Waals surface area (Å²) >= 11 is 0. The molecule has 0 unspecified atom stereocenters. The zero-order valence-electron chi connectivity index (χ0n) is 12.7. The Hall–Kier alpha value is -1.40. The average Bonchev–Trinajstić information content (AvgIpc) is 2.94. The summed E-state index contributed by atoms with van der Waals surface area (Å²) < 4.78 is 1.58. The average molecular weight is 279 g/mol. The van der Waals surface area contributed by atoms with E-state index in [1.165, 1.54) is 0 Å². The Bertz CT molecular complexity index is 409. The van der Waals surface area contributed by atoms with E-state index in [2.05, 4.69) is 21.8 Å². The zero-order chi connectivity index (χ0) is 14.5. The van der Waals surface area contributed by atoms with E-state index in [1.807, 2.05) is 19.0 Å². The highest BCUT2D eigenvalue weighted by Gasteiger charge is 2.27. The number of likely N-dealkylation sites (tertiary alicyclic amines) is 1. The molecule has 2 rings (SSSR count). The maximum atomic E-state index is 12.6. The van der Waals surface area contributed by atoms with E-state index in [0.29, 0.717) is 6.04 Å². The van der Waals surface area contributed by atoms with Gasteiger partial charge in [-0.15, -0.1) is 0 Å². The molecule has 0 radical (unpaired) electrons. The highest BCUT2D eigenvalue weighted by molar-refractivity contribution is 5.77. The van der Waals surface area contributed by atoms with Crippen LogP contribution in [0.4, 0.5) is 4.79 Å². The summed E-state index contributed by atoms with van der Waals surface area (Å²) in [4.78, 5) is 23.0. The number of rotatable bonds is 4. The van der Waals surface area contributed by atoms with E-state index in [-0.39, 0.29) is 6.03 Å². The van der Waals surface area contributed by atoms with Gasteiger partial charge >= 0.3 is 6.03 Å². The number of carbonyl (C=O) groups is 1. The van der Waals surface area contributed by atoms with Crippen molar-refractivity contribution in [1.82, 2.24) is 24.3 Å². The molecule has 0 atom stereocenters. The Morgan fingerprint density at radius 1 is 1.30 bits per heavy atom. The smallest absolute Gasteiger partial charge is 0.320 e. The number of hydrogen-bond acceptors (Lipinski definition) is 4. The SMILES string of the molecule is CN(C)CCN(C(=O)n1ccnc1)C1CCN(C)CC1. The van der Waals surface area contributed by atoms with E-state index in [0.717, 1.165) is 39.0 Å². The molecular formula is C14H25N5O. The molecule has 0 spiro atoms. The van der Waals surface area contributed by atoms with Crippen LogP contribution in [0.5, 0.6) is 0 Å². The number of hydrogen-bond donors (Lipinski definition) is 0. The third-order valence-corrected chi connectivity index (χ3v) is 3.89. The number of aromatic nitrogens is 2. The molecule has 1 aromatic rings. The highest BCUT2D eigenvalue weighted by Crippen LogP contribution is 2.16. The van der Waals surface area contributed by atoms with Crippen LogP contribution in [0, 0.1) is 0 Å². The van der Waals surface area contributed by atoms with Gasteiger partial charge in [0.15, 0.2) is 0 Å². The second kappa shape index (κ2) is 6.85. The number of nitrogens with zero attached hydrogens (tertiary/aromatic N) is 5. The lowest BCUT2D eigenvalue weighted by Crippen LogP contribution is -2.49. The molecule has 0 aliphatic carbocycles. The molecule has 1 fully saturated rings. The molecule has 0 N–H and O–H groups in total. The number of imidazole rings is 1. The van der Waals surface area contributed by atoms with Crippen LogP contribution in [0.15, 0.2) is 18.7 Å². The summed E-state index contributed by atoms with van der Waals surface area (Å²) in [5, 5.41) is 0. The van der Waals surface area contributed by atoms with Crippen LogP contribution in [0.25, 0.3) is 0 Å². The summed E-state index contributed by atoms with van der Waals surface area (Å²) in [6, 6.07) is 0.375. The molecule has 20 heavy (non-hydrogen) atoms. The van der Waals surface area contributed by atoms with Crippen LogP contribution >= 0.6 is 0 Å². The maximum Gasteiger partial charge on any atom is 0.329 e. The second-order valence-electron chi connectivity index (χ2n) is 5.78. The first kappa shape index (κ1) is 15.0. The minimum Gasteiger partial charge on any atom is -0.320 e. The molecule has 1 aliphatic rings. The van der Waals surface area contributed by atoms with E-state index >= 15 is 0 Å². The van der Waals surface area contributed by atoms with Gasteiger partial charge in [-0.3, -0.25) is 4.57 Å². The Balaban J connectivity index is 2.05. The fourth-order valence-corrected chi connectivity index (χ4v) is 2.57. The lowest BCUT2D eigenvalue weighted by Gasteiger charge is -2.37. The van der Waals surface area contributed by atoms with Gasteiger partial charge in [0.25, 0.3) is 0 Å². The van der Waals surface area contributed by atoms with E-state index in [9.17, 15) is 4.79 Å². The number of likely N-dealkylation sites (N-methyl/N-ethyl adjacent to an activating group) is 1. The van der Waals surface area contributed by atoms with Crippen LogP contribution in [-0.4, -0.2) is 83.6 Å². The summed E-state index contributed by atoms with van der Waals surface area (Å²) in [5.41, 5.74) is 0. The van der Waals surface area contributed by atoms with E-state index < -0.39 is 0 Å². The van der Waals surface area contributed by atoms with Crippen molar-refractivity contribution in [2.75, 3.05) is 47.3 Å². The molecule has 2 heterocycles. The van der Waals surface area contributed by atoms with Crippen molar-refractivity contribution in [3.05, 3.63) is 18.7 Å². The highest BCUT2D eigenvalue weighted by atomic mass is 16.2. The first-order valence-electron chi connectivity index (χ1n) is 7.20. The Morgan fingerprint density at radius 3 is 2.55 bits per heavy atom. The molecule has 1 aromatic heterocycles. The third kappa shape index (κ3) is 3.80. The van der Waals surface area contributed by atoms with Gasteiger partial charge in [0.05, 0.1) is 0 Å². The fourth-order valence-electron chi connectivity index (χ4n) is 2.57. The number of carbonyl (C=O) groups excluding carboxylic acids is 1. The lowest BCUT2D eigenvalue weighted by molar-refractivity contribution is 0.127. The normalized spacial score (nSPS) is 17.6. The molecule has 0 bridgehead atoms. The molecule has 6 nitrogen and oxygen atoms in total. The van der Waals surface area contributed by atoms with Crippen molar-refractivity contribution in [3.8, 4) is 0 Å². The third-order valence-electron chi connectivity index (χ3n) is 3.89. The van der Waals surface area contributed by atoms with Gasteiger partial charge in [0.1, 0.15) is 6.33 Å². The summed E-state index contributed by atoms with van der Waals surface area (Å²) in [7, 11) is 6.21. The monoisotopic (exact) mass is 279 g/mol. The van der Waals surface area contributed by atoms with Crippen LogP contribution in [0.2, 0.25) is 0 Å². The predicted octanol–water partition coefficient (Wildman–Crippen LogP) is 0.809. The zero-order valence-corrected chi connectivity index (χ0v) is 12.7. The number of piperidine rings is 1. The van der Waals surface area contributed by atoms with Crippen LogP contribution in [-0.2, 0) is 0 Å². The minimum absolute atomic E-state index is 0.0407. The van der Waals surface area contributed by atoms with Crippen LogP contribution in [0.1, 0.15) is 12.8 Å². The topological polar surface area (TPSA) is 44.6 Å². The summed E-state index contributed by atoms with van der Waals surface area (Å²) in [6.45, 7) is 3.76. The summed E-state index contributed by atoms with van der Waals surface area (Å²) in [5.74, 6) is 0. The molecule has 1 amide bonds. The van der Waals surface area contributed by atoms with Crippen molar-refractivity contribution in [2.24, 2.45) is 0 Å². The van der Waals surface area contributed by atoms with Gasteiger partial charge in [0.2, 0.25) is 0 Å². The number of amides is 1. The van der Waals surface area contributed by atoms with Gasteiger partial charge in [-0.2, -0.15) is 0 Å². The van der Waals surface area contributed by atoms with Gasteiger partial charge < -0.3 is 14.7 Å². The van der Waals surface area contributed by atoms with Crippen LogP contribution in [0.3, 0.4) is 0 Å². The van der Waals surface area contributed by atoms with Crippen molar-refractivity contribution in [3.63, 3.8) is 0 Å². The van der Waals surface area contributed by atoms with Gasteiger partial charge in [-0.05, 0) is 47.1 Å². The summed E-state index contributed by atoms with van der Waals surface area (Å²) in [6.07, 6.45) is 7.05. The second-order valence-corrected chi connectivity index (χ2v) is 5.78. The van der Waals surface area contributed by atoms with E-state index in [1.54, 1.807) is 23.3 Å². The first-order valence-corrected chi connectivity index (χ1v) is 7.20. The van der Waals surface area contributed by atoms with Gasteiger partial charge in [-0.1, -0.05) is 0 Å². The molecule has 112 valence electrons. The molecule has 1 aliphatic heterocycles. The van der Waals surface area contributed by atoms with Crippen LogP contribution < -0.4 is 0 Å². The Morgan fingerprint density at radius 2 is 2.00 bits per heavy atom. The largest absolute Gasteiger partial charge is 0.329 e. The van der Waals surface area contributed by atoms with Crippen molar-refractivity contribution < 1.29 is 4.79 Å². The van der Waals surface area contributed by atoms with Gasteiger partial charge in [-0.25, -0.2) is 9.78 Å². The molecular weight excluding hydrogens is 254 g/mol. The predicted molar refractivity (Wildman–Crippen MR) is 78.8 cm³/mol. The standard InChI is InChI=1S/C14H25N5O/c1-16(2)10-11-19(13-4-7-17(3)8-5-13)14(20)18-9-6-15-12-18/h6,9,12-13H,4-5,7-8,10-11H2,1-3H3. The molecule has 0 saturated carbocycles.